The monoisotopic (exact) mass is 195 g/mol. The van der Waals surface area contributed by atoms with E-state index in [2.05, 4.69) is 13.6 Å². The Morgan fingerprint density at radius 3 is 0.667 bits per heavy atom. The van der Waals surface area contributed by atoms with E-state index < -0.39 is 0 Å². The predicted octanol–water partition coefficient (Wildman–Crippen LogP) is 1.33. The molecule has 7 heteroatoms. The van der Waals surface area contributed by atoms with E-state index in [1.807, 2.05) is 0 Å². The molecule has 58 valence electrons. The normalized spacial score (nSPS) is 0.889. The van der Waals surface area contributed by atoms with Gasteiger partial charge < -0.3 is 41.5 Å². The molecule has 0 saturated carbocycles. The Bertz CT molecular complexity index is 21.8. The van der Waals surface area contributed by atoms with Crippen molar-refractivity contribution >= 4 is 27.1 Å². The maximum atomic E-state index is 7.75. The van der Waals surface area contributed by atoms with Gasteiger partial charge in [0.05, 0.1) is 0 Å². The maximum Gasteiger partial charge on any atom is 6.00 e. The summed E-state index contributed by atoms with van der Waals surface area (Å²) in [6, 6.07) is 0. The zero-order valence-electron chi connectivity index (χ0n) is 4.50. The number of rotatable bonds is 0. The summed E-state index contributed by atoms with van der Waals surface area (Å²) in [7, 11) is 0. The van der Waals surface area contributed by atoms with Crippen LogP contribution in [0.25, 0.3) is 18.5 Å². The molecule has 0 aromatic heterocycles. The topological polar surface area (TPSA) is 135 Å². The molecule has 0 aromatic rings. The van der Waals surface area contributed by atoms with Crippen LogP contribution in [0.4, 0.5) is 0 Å². The molecular weight excluding hydrogens is 186 g/mol. The molecule has 0 unspecified atom stereocenters. The Hall–Kier alpha value is 0.0895. The van der Waals surface area contributed by atoms with Crippen molar-refractivity contribution in [3.8, 4) is 0 Å². The molecule has 6 N–H and O–H groups in total. The predicted molar refractivity (Wildman–Crippen MR) is 38.1 cm³/mol. The first-order valence-corrected chi connectivity index (χ1v) is 0.471. The number of nitrogens with two attached hydrogens (primary N) is 3. The van der Waals surface area contributed by atoms with Gasteiger partial charge in [0.2, 0.25) is 0 Å². The second-order valence-corrected chi connectivity index (χ2v) is 0. The third-order valence-electron chi connectivity index (χ3n) is 0. The number of hydrogen-bond donors (Lipinski definition) is 0. The van der Waals surface area contributed by atoms with Gasteiger partial charge in [-0.1, -0.05) is 0 Å². The fourth-order valence-electron chi connectivity index (χ4n) is 0. The van der Waals surface area contributed by atoms with Gasteiger partial charge in [-0.25, -0.2) is 0 Å². The minimum atomic E-state index is 0. The molecule has 0 rings (SSSR count). The molecular formula is C2H9FeN3O2S. The summed E-state index contributed by atoms with van der Waals surface area (Å²) in [5.41, 5.74) is 0. The van der Waals surface area contributed by atoms with Gasteiger partial charge in [-0.15, -0.1) is 0 Å². The molecule has 0 radical (unpaired) electrons. The zero-order chi connectivity index (χ0) is 4.00. The van der Waals surface area contributed by atoms with Crippen LogP contribution in [0.2, 0.25) is 0 Å². The van der Waals surface area contributed by atoms with E-state index in [0.717, 1.165) is 0 Å². The van der Waals surface area contributed by atoms with Crippen LogP contribution in [0.15, 0.2) is 0 Å². The van der Waals surface area contributed by atoms with Gasteiger partial charge in [0.25, 0.3) is 0 Å². The molecule has 0 atom stereocenters. The van der Waals surface area contributed by atoms with Crippen molar-refractivity contribution in [1.82, 2.24) is 0 Å². The molecule has 0 bridgehead atoms. The summed E-state index contributed by atoms with van der Waals surface area (Å²) in [5, 5.41) is 0. The van der Waals surface area contributed by atoms with Crippen LogP contribution in [0.5, 0.6) is 0 Å². The fraction of sp³-hybridized carbons (Fsp3) is 0. The largest absolute Gasteiger partial charge is 6.00 e. The van der Waals surface area contributed by atoms with Gasteiger partial charge in [0.15, 0.2) is 0 Å². The molecule has 0 spiro atoms. The Labute approximate surface area is 72.6 Å². The van der Waals surface area contributed by atoms with Crippen LogP contribution in [-0.2, 0) is 40.2 Å². The van der Waals surface area contributed by atoms with Crippen molar-refractivity contribution in [3.63, 3.8) is 0 Å². The molecule has 5 nitrogen and oxygen atoms in total. The molecule has 0 heterocycles. The summed E-state index contributed by atoms with van der Waals surface area (Å²) >= 11 is 0. The minimum Gasteiger partial charge on any atom is -0.813 e. The summed E-state index contributed by atoms with van der Waals surface area (Å²) in [4.78, 5) is 15.5. The number of thiol groups is 1. The van der Waals surface area contributed by atoms with Crippen molar-refractivity contribution in [1.29, 1.82) is 0 Å². The van der Waals surface area contributed by atoms with Crippen LogP contribution in [-0.4, -0.2) is 13.6 Å². The third-order valence-corrected chi connectivity index (χ3v) is 0. The molecule has 0 aliphatic carbocycles. The number of hydrogen-bond acceptors (Lipinski definition) is 3. The molecule has 0 aliphatic rings. The summed E-state index contributed by atoms with van der Waals surface area (Å²) in [5.74, 6) is 0. The third kappa shape index (κ3) is 37500. The first-order chi connectivity index (χ1) is 2.00. The Balaban J connectivity index is -0.00000000114. The van der Waals surface area contributed by atoms with E-state index >= 15 is 0 Å². The van der Waals surface area contributed by atoms with Gasteiger partial charge in [-0.2, -0.15) is 0 Å². The SMILES string of the molecule is [CH-]=O.[CH-]=O.[Fe+6].[NH2-].[NH2-].[NH2-].[SH-]. The standard InChI is InChI=1S/2CHO.Fe.3H2N.H2S/c2*1-2;;;;;/h2*1H;;4*1H2/q2*-1;+6;3*-1;/p-1. The van der Waals surface area contributed by atoms with E-state index in [4.69, 9.17) is 9.59 Å². The second-order valence-electron chi connectivity index (χ2n) is 0. The van der Waals surface area contributed by atoms with Crippen molar-refractivity contribution in [3.05, 3.63) is 18.5 Å². The van der Waals surface area contributed by atoms with Crippen molar-refractivity contribution in [2.75, 3.05) is 0 Å². The fourth-order valence-corrected chi connectivity index (χ4v) is 0. The van der Waals surface area contributed by atoms with E-state index in [9.17, 15) is 0 Å². The van der Waals surface area contributed by atoms with Gasteiger partial charge >= 0.3 is 17.1 Å². The Morgan fingerprint density at radius 1 is 0.667 bits per heavy atom. The summed E-state index contributed by atoms with van der Waals surface area (Å²) < 4.78 is 0. The quantitative estimate of drug-likeness (QED) is 0.189. The van der Waals surface area contributed by atoms with E-state index in [1.165, 1.54) is 0 Å². The van der Waals surface area contributed by atoms with Crippen LogP contribution in [0, 0.1) is 0 Å². The molecule has 0 saturated heterocycles. The van der Waals surface area contributed by atoms with Gasteiger partial charge in [-0.3, -0.25) is 13.6 Å². The average Bonchev–Trinajstić information content (AvgIpc) is 1.50. The molecule has 0 fully saturated rings. The van der Waals surface area contributed by atoms with Crippen molar-refractivity contribution in [2.45, 2.75) is 0 Å². The Morgan fingerprint density at radius 2 is 0.667 bits per heavy atom. The van der Waals surface area contributed by atoms with E-state index in [-0.39, 0.29) is 49.0 Å². The summed E-state index contributed by atoms with van der Waals surface area (Å²) in [6.07, 6.45) is 0. The van der Waals surface area contributed by atoms with Crippen LogP contribution in [0.3, 0.4) is 0 Å². The van der Waals surface area contributed by atoms with Gasteiger partial charge in [-0.05, 0) is 0 Å². The zero-order valence-corrected chi connectivity index (χ0v) is 6.50. The van der Waals surface area contributed by atoms with Crippen molar-refractivity contribution in [2.24, 2.45) is 0 Å². The van der Waals surface area contributed by atoms with E-state index in [1.54, 1.807) is 0 Å². The average molecular weight is 195 g/mol. The van der Waals surface area contributed by atoms with Crippen molar-refractivity contribution < 1.29 is 26.7 Å². The van der Waals surface area contributed by atoms with Crippen LogP contribution >= 0.6 is 0 Å². The smallest absolute Gasteiger partial charge is 0.813 e. The number of carbonyl (C=O) groups excluding carboxylic acids is 2. The minimum absolute atomic E-state index is 0. The second kappa shape index (κ2) is 50800. The first kappa shape index (κ1) is 136. The van der Waals surface area contributed by atoms with Crippen LogP contribution in [0.1, 0.15) is 0 Å². The molecule has 0 amide bonds. The molecule has 0 aromatic carbocycles. The van der Waals surface area contributed by atoms with E-state index in [0.29, 0.717) is 0 Å². The van der Waals surface area contributed by atoms with Crippen LogP contribution < -0.4 is 0 Å². The molecule has 0 aliphatic heterocycles. The summed E-state index contributed by atoms with van der Waals surface area (Å²) in [6.45, 7) is 6.50. The molecule has 9 heavy (non-hydrogen) atoms. The first-order valence-electron chi connectivity index (χ1n) is 0.471. The Kier molecular flexibility index (Phi) is 769000. The van der Waals surface area contributed by atoms with Gasteiger partial charge in [0, 0.05) is 0 Å². The maximum absolute atomic E-state index is 7.75. The van der Waals surface area contributed by atoms with Gasteiger partial charge in [0.1, 0.15) is 0 Å².